The lowest BCUT2D eigenvalue weighted by atomic mass is 10.1. The molecule has 0 saturated heterocycles. The van der Waals surface area contributed by atoms with E-state index in [1.807, 2.05) is 25.1 Å². The van der Waals surface area contributed by atoms with Crippen molar-refractivity contribution >= 4 is 22.4 Å². The zero-order valence-corrected chi connectivity index (χ0v) is 11.0. The summed E-state index contributed by atoms with van der Waals surface area (Å²) >= 11 is 1.36. The van der Waals surface area contributed by atoms with Gasteiger partial charge in [-0.3, -0.25) is 0 Å². The number of aryl methyl sites for hydroxylation is 2. The molecular formula is C13H14N2O2S. The van der Waals surface area contributed by atoms with Gasteiger partial charge in [0.1, 0.15) is 0 Å². The van der Waals surface area contributed by atoms with E-state index in [2.05, 4.69) is 16.4 Å². The van der Waals surface area contributed by atoms with Gasteiger partial charge < -0.3 is 10.4 Å². The second-order valence-corrected chi connectivity index (χ2v) is 5.27. The Morgan fingerprint density at radius 2 is 2.22 bits per heavy atom. The molecule has 1 heterocycles. The van der Waals surface area contributed by atoms with Crippen LogP contribution in [0.1, 0.15) is 26.5 Å². The Morgan fingerprint density at radius 1 is 1.44 bits per heavy atom. The summed E-state index contributed by atoms with van der Waals surface area (Å²) in [5.41, 5.74) is 2.49. The fourth-order valence-corrected chi connectivity index (χ4v) is 2.47. The highest BCUT2D eigenvalue weighted by molar-refractivity contribution is 7.15. The van der Waals surface area contributed by atoms with E-state index in [1.54, 1.807) is 6.92 Å². The van der Waals surface area contributed by atoms with Crippen molar-refractivity contribution in [2.75, 3.05) is 5.32 Å². The van der Waals surface area contributed by atoms with Crippen LogP contribution < -0.4 is 5.32 Å². The van der Waals surface area contributed by atoms with Gasteiger partial charge in [0.25, 0.3) is 0 Å². The Labute approximate surface area is 109 Å². The largest absolute Gasteiger partial charge is 0.476 e. The van der Waals surface area contributed by atoms with E-state index in [9.17, 15) is 4.79 Å². The summed E-state index contributed by atoms with van der Waals surface area (Å²) in [5.74, 6) is -0.979. The van der Waals surface area contributed by atoms with Crippen molar-refractivity contribution in [2.24, 2.45) is 0 Å². The van der Waals surface area contributed by atoms with Crippen LogP contribution >= 0.6 is 11.3 Å². The van der Waals surface area contributed by atoms with Crippen molar-refractivity contribution in [3.8, 4) is 0 Å². The summed E-state index contributed by atoms with van der Waals surface area (Å²) in [4.78, 5) is 15.6. The second kappa shape index (κ2) is 5.18. The molecule has 0 bridgehead atoms. The quantitative estimate of drug-likeness (QED) is 0.889. The van der Waals surface area contributed by atoms with Crippen LogP contribution in [0, 0.1) is 13.8 Å². The summed E-state index contributed by atoms with van der Waals surface area (Å²) in [5, 5.41) is 12.7. The Morgan fingerprint density at radius 3 is 2.83 bits per heavy atom. The number of aromatic carboxylic acids is 1. The standard InChI is InChI=1S/C13H14N2O2S/c1-8-4-3-5-10(6-8)7-14-13-15-11(12(16)17)9(2)18-13/h3-6H,7H2,1-2H3,(H,14,15)(H,16,17). The predicted molar refractivity (Wildman–Crippen MR) is 72.3 cm³/mol. The highest BCUT2D eigenvalue weighted by Gasteiger charge is 2.13. The van der Waals surface area contributed by atoms with Gasteiger partial charge in [0, 0.05) is 11.4 Å². The highest BCUT2D eigenvalue weighted by Crippen LogP contribution is 2.22. The molecule has 0 amide bonds. The third-order valence-electron chi connectivity index (χ3n) is 2.53. The molecule has 0 atom stereocenters. The number of hydrogen-bond acceptors (Lipinski definition) is 4. The minimum atomic E-state index is -0.979. The number of aromatic nitrogens is 1. The summed E-state index contributed by atoms with van der Waals surface area (Å²) in [6, 6.07) is 8.16. The molecular weight excluding hydrogens is 248 g/mol. The van der Waals surface area contributed by atoms with Crippen LogP contribution in [0.25, 0.3) is 0 Å². The van der Waals surface area contributed by atoms with Crippen molar-refractivity contribution in [1.29, 1.82) is 0 Å². The molecule has 0 radical (unpaired) electrons. The van der Waals surface area contributed by atoms with E-state index < -0.39 is 5.97 Å². The smallest absolute Gasteiger partial charge is 0.355 e. The van der Waals surface area contributed by atoms with Crippen LogP contribution in [0.2, 0.25) is 0 Å². The van der Waals surface area contributed by atoms with Crippen molar-refractivity contribution < 1.29 is 9.90 Å². The van der Waals surface area contributed by atoms with Crippen LogP contribution in [-0.2, 0) is 6.54 Å². The number of rotatable bonds is 4. The van der Waals surface area contributed by atoms with Gasteiger partial charge in [0.15, 0.2) is 10.8 Å². The fraction of sp³-hybridized carbons (Fsp3) is 0.231. The summed E-state index contributed by atoms with van der Waals surface area (Å²) in [6.45, 7) is 4.45. The third-order valence-corrected chi connectivity index (χ3v) is 3.45. The molecule has 18 heavy (non-hydrogen) atoms. The Bertz CT molecular complexity index is 578. The molecule has 2 aromatic rings. The number of benzene rings is 1. The number of carboxylic acids is 1. The molecule has 0 spiro atoms. The lowest BCUT2D eigenvalue weighted by molar-refractivity contribution is 0.0690. The number of carboxylic acid groups (broad SMARTS) is 1. The number of thiazole rings is 1. The normalized spacial score (nSPS) is 10.3. The average Bonchev–Trinajstić information content (AvgIpc) is 2.68. The summed E-state index contributed by atoms with van der Waals surface area (Å²) in [7, 11) is 0. The van der Waals surface area contributed by atoms with E-state index in [0.717, 1.165) is 5.56 Å². The van der Waals surface area contributed by atoms with Gasteiger partial charge in [-0.1, -0.05) is 29.8 Å². The highest BCUT2D eigenvalue weighted by atomic mass is 32.1. The van der Waals surface area contributed by atoms with E-state index in [4.69, 9.17) is 5.11 Å². The van der Waals surface area contributed by atoms with E-state index >= 15 is 0 Å². The lowest BCUT2D eigenvalue weighted by Crippen LogP contribution is -2.01. The molecule has 0 unspecified atom stereocenters. The van der Waals surface area contributed by atoms with Gasteiger partial charge in [0.2, 0.25) is 0 Å². The Kier molecular flexibility index (Phi) is 3.62. The van der Waals surface area contributed by atoms with E-state index in [0.29, 0.717) is 16.6 Å². The molecule has 94 valence electrons. The van der Waals surface area contributed by atoms with Gasteiger partial charge in [-0.05, 0) is 19.4 Å². The maximum absolute atomic E-state index is 10.9. The molecule has 0 aliphatic carbocycles. The fourth-order valence-electron chi connectivity index (χ4n) is 1.67. The lowest BCUT2D eigenvalue weighted by Gasteiger charge is -2.03. The maximum Gasteiger partial charge on any atom is 0.355 e. The van der Waals surface area contributed by atoms with Crippen molar-refractivity contribution in [2.45, 2.75) is 20.4 Å². The van der Waals surface area contributed by atoms with Crippen molar-refractivity contribution in [3.05, 3.63) is 46.0 Å². The monoisotopic (exact) mass is 262 g/mol. The molecule has 4 nitrogen and oxygen atoms in total. The number of nitrogens with zero attached hydrogens (tertiary/aromatic N) is 1. The topological polar surface area (TPSA) is 62.2 Å². The first-order chi connectivity index (χ1) is 8.56. The van der Waals surface area contributed by atoms with Crippen molar-refractivity contribution in [1.82, 2.24) is 4.98 Å². The summed E-state index contributed by atoms with van der Waals surface area (Å²) in [6.07, 6.45) is 0. The summed E-state index contributed by atoms with van der Waals surface area (Å²) < 4.78 is 0. The maximum atomic E-state index is 10.9. The molecule has 2 rings (SSSR count). The predicted octanol–water partition coefficient (Wildman–Crippen LogP) is 3.07. The molecule has 5 heteroatoms. The third kappa shape index (κ3) is 2.87. The van der Waals surface area contributed by atoms with Crippen LogP contribution in [0.5, 0.6) is 0 Å². The average molecular weight is 262 g/mol. The number of nitrogens with one attached hydrogen (secondary N) is 1. The SMILES string of the molecule is Cc1cccc(CNc2nc(C(=O)O)c(C)s2)c1. The van der Waals surface area contributed by atoms with Gasteiger partial charge in [0.05, 0.1) is 0 Å². The van der Waals surface area contributed by atoms with Gasteiger partial charge in [-0.15, -0.1) is 11.3 Å². The first-order valence-corrected chi connectivity index (χ1v) is 6.38. The van der Waals surface area contributed by atoms with Crippen molar-refractivity contribution in [3.63, 3.8) is 0 Å². The first kappa shape index (κ1) is 12.6. The van der Waals surface area contributed by atoms with Gasteiger partial charge >= 0.3 is 5.97 Å². The Balaban J connectivity index is 2.06. The van der Waals surface area contributed by atoms with E-state index in [-0.39, 0.29) is 5.69 Å². The zero-order valence-electron chi connectivity index (χ0n) is 10.2. The van der Waals surface area contributed by atoms with Gasteiger partial charge in [-0.25, -0.2) is 9.78 Å². The van der Waals surface area contributed by atoms with Crippen LogP contribution in [0.3, 0.4) is 0 Å². The van der Waals surface area contributed by atoms with Crippen LogP contribution in [-0.4, -0.2) is 16.1 Å². The minimum absolute atomic E-state index is 0.131. The second-order valence-electron chi connectivity index (χ2n) is 4.07. The van der Waals surface area contributed by atoms with Gasteiger partial charge in [-0.2, -0.15) is 0 Å². The molecule has 2 N–H and O–H groups in total. The number of anilines is 1. The minimum Gasteiger partial charge on any atom is -0.476 e. The number of hydrogen-bond donors (Lipinski definition) is 2. The molecule has 1 aromatic heterocycles. The first-order valence-electron chi connectivity index (χ1n) is 5.56. The molecule has 1 aromatic carbocycles. The Hall–Kier alpha value is -1.88. The molecule has 0 saturated carbocycles. The molecule has 0 fully saturated rings. The zero-order chi connectivity index (χ0) is 13.1. The number of carbonyl (C=O) groups is 1. The van der Waals surface area contributed by atoms with Crippen LogP contribution in [0.4, 0.5) is 5.13 Å². The van der Waals surface area contributed by atoms with Crippen LogP contribution in [0.15, 0.2) is 24.3 Å². The molecule has 0 aliphatic heterocycles. The molecule has 0 aliphatic rings. The van der Waals surface area contributed by atoms with E-state index in [1.165, 1.54) is 16.9 Å².